The van der Waals surface area contributed by atoms with Gasteiger partial charge in [0.05, 0.1) is 0 Å². The zero-order valence-electron chi connectivity index (χ0n) is 31.0. The van der Waals surface area contributed by atoms with Gasteiger partial charge in [0.25, 0.3) is 0 Å². The van der Waals surface area contributed by atoms with Gasteiger partial charge in [0.1, 0.15) is 22.3 Å². The normalized spacial score (nSPS) is 11.5. The molecule has 0 radical (unpaired) electrons. The average molecular weight is 730 g/mol. The van der Waals surface area contributed by atoms with Crippen LogP contribution in [-0.4, -0.2) is 0 Å². The molecule has 0 fully saturated rings. The number of fused-ring (bicyclic) bond motifs is 6. The lowest BCUT2D eigenvalue weighted by atomic mass is 9.96. The van der Waals surface area contributed by atoms with Crippen molar-refractivity contribution in [1.29, 1.82) is 0 Å². The topological polar surface area (TPSA) is 29.5 Å². The summed E-state index contributed by atoms with van der Waals surface area (Å²) in [6.07, 6.45) is 0. The standard InChI is InChI=1S/C54H35NO2/c1-3-13-36(14-4-1)40-33-41(37-15-5-2-6-16-37)35-44(34-40)55(42-29-25-38(26-30-42)45-19-11-23-51-53(45)47-17-7-9-21-49(47)56-51)43-31-27-39(28-32-43)46-20-12-24-52-54(46)48-18-8-10-22-50(48)57-52/h1-35H. The molecule has 11 aromatic rings. The van der Waals surface area contributed by atoms with E-state index < -0.39 is 0 Å². The molecular formula is C54H35NO2. The number of rotatable bonds is 7. The maximum absolute atomic E-state index is 6.26. The lowest BCUT2D eigenvalue weighted by Gasteiger charge is -2.27. The molecule has 0 unspecified atom stereocenters. The number of hydrogen-bond acceptors (Lipinski definition) is 3. The van der Waals surface area contributed by atoms with Gasteiger partial charge in [-0.15, -0.1) is 0 Å². The van der Waals surface area contributed by atoms with Crippen molar-refractivity contribution in [3.63, 3.8) is 0 Å². The van der Waals surface area contributed by atoms with Crippen molar-refractivity contribution in [3.05, 3.63) is 212 Å². The molecule has 11 rings (SSSR count). The van der Waals surface area contributed by atoms with E-state index in [4.69, 9.17) is 8.83 Å². The van der Waals surface area contributed by atoms with Crippen LogP contribution >= 0.6 is 0 Å². The first kappa shape index (κ1) is 32.8. The molecule has 0 spiro atoms. The molecule has 0 bridgehead atoms. The second-order valence-electron chi connectivity index (χ2n) is 14.5. The van der Waals surface area contributed by atoms with Gasteiger partial charge in [0.2, 0.25) is 0 Å². The zero-order chi connectivity index (χ0) is 37.7. The smallest absolute Gasteiger partial charge is 0.136 e. The van der Waals surface area contributed by atoms with E-state index in [1.807, 2.05) is 24.3 Å². The number of benzene rings is 9. The molecular weight excluding hydrogens is 695 g/mol. The summed E-state index contributed by atoms with van der Waals surface area (Å²) in [5.74, 6) is 0. The van der Waals surface area contributed by atoms with E-state index in [1.165, 1.54) is 11.1 Å². The highest BCUT2D eigenvalue weighted by atomic mass is 16.3. The van der Waals surface area contributed by atoms with Gasteiger partial charge in [-0.3, -0.25) is 0 Å². The Labute approximate surface area is 330 Å². The Kier molecular flexibility index (Phi) is 7.82. The van der Waals surface area contributed by atoms with Crippen LogP contribution in [0.1, 0.15) is 0 Å². The van der Waals surface area contributed by atoms with Gasteiger partial charge in [0, 0.05) is 38.6 Å². The van der Waals surface area contributed by atoms with Crippen LogP contribution in [0, 0.1) is 0 Å². The first-order valence-corrected chi connectivity index (χ1v) is 19.3. The third-order valence-electron chi connectivity index (χ3n) is 11.1. The van der Waals surface area contributed by atoms with Gasteiger partial charge < -0.3 is 13.7 Å². The molecule has 3 nitrogen and oxygen atoms in total. The predicted molar refractivity (Wildman–Crippen MR) is 237 cm³/mol. The third-order valence-corrected chi connectivity index (χ3v) is 11.1. The lowest BCUT2D eigenvalue weighted by molar-refractivity contribution is 0.668. The van der Waals surface area contributed by atoms with E-state index in [2.05, 4.69) is 193 Å². The van der Waals surface area contributed by atoms with Gasteiger partial charge in [-0.05, 0) is 111 Å². The van der Waals surface area contributed by atoms with E-state index >= 15 is 0 Å². The quantitative estimate of drug-likeness (QED) is 0.164. The van der Waals surface area contributed by atoms with Crippen molar-refractivity contribution < 1.29 is 8.83 Å². The molecule has 2 aromatic heterocycles. The molecule has 3 heteroatoms. The molecule has 0 aliphatic heterocycles. The number of furan rings is 2. The fourth-order valence-corrected chi connectivity index (χ4v) is 8.39. The van der Waals surface area contributed by atoms with E-state index in [9.17, 15) is 0 Å². The van der Waals surface area contributed by atoms with E-state index in [0.717, 1.165) is 94.3 Å². The summed E-state index contributed by atoms with van der Waals surface area (Å²) in [7, 11) is 0. The molecule has 2 heterocycles. The number of nitrogens with zero attached hydrogens (tertiary/aromatic N) is 1. The van der Waals surface area contributed by atoms with Crippen LogP contribution in [0.15, 0.2) is 221 Å². The number of hydrogen-bond donors (Lipinski definition) is 0. The van der Waals surface area contributed by atoms with E-state index in [1.54, 1.807) is 0 Å². The Morgan fingerprint density at radius 1 is 0.263 bits per heavy atom. The summed E-state index contributed by atoms with van der Waals surface area (Å²) < 4.78 is 12.5. The number of para-hydroxylation sites is 2. The van der Waals surface area contributed by atoms with Crippen molar-refractivity contribution in [2.45, 2.75) is 0 Å². The van der Waals surface area contributed by atoms with Gasteiger partial charge in [-0.25, -0.2) is 0 Å². The fourth-order valence-electron chi connectivity index (χ4n) is 8.39. The monoisotopic (exact) mass is 729 g/mol. The highest BCUT2D eigenvalue weighted by Crippen LogP contribution is 2.43. The van der Waals surface area contributed by atoms with Crippen molar-refractivity contribution in [2.24, 2.45) is 0 Å². The molecule has 9 aromatic carbocycles. The molecule has 0 aliphatic carbocycles. The summed E-state index contributed by atoms with van der Waals surface area (Å²) in [6.45, 7) is 0. The van der Waals surface area contributed by atoms with Crippen LogP contribution in [0.3, 0.4) is 0 Å². The first-order valence-electron chi connectivity index (χ1n) is 19.3. The van der Waals surface area contributed by atoms with Gasteiger partial charge in [-0.1, -0.05) is 146 Å². The van der Waals surface area contributed by atoms with Gasteiger partial charge in [0.15, 0.2) is 0 Å². The van der Waals surface area contributed by atoms with Crippen molar-refractivity contribution in [2.75, 3.05) is 4.90 Å². The second kappa shape index (κ2) is 13.6. The van der Waals surface area contributed by atoms with E-state index in [0.29, 0.717) is 0 Å². The molecule has 57 heavy (non-hydrogen) atoms. The molecule has 0 saturated carbocycles. The van der Waals surface area contributed by atoms with Crippen molar-refractivity contribution in [1.82, 2.24) is 0 Å². The Hall–Kier alpha value is -7.62. The summed E-state index contributed by atoms with van der Waals surface area (Å²) in [4.78, 5) is 2.37. The van der Waals surface area contributed by atoms with Crippen LogP contribution in [-0.2, 0) is 0 Å². The lowest BCUT2D eigenvalue weighted by Crippen LogP contribution is -2.10. The maximum atomic E-state index is 6.26. The average Bonchev–Trinajstić information content (AvgIpc) is 3.86. The predicted octanol–water partition coefficient (Wildman–Crippen LogP) is 15.6. The summed E-state index contributed by atoms with van der Waals surface area (Å²) in [5, 5.41) is 4.52. The minimum atomic E-state index is 0.893. The summed E-state index contributed by atoms with van der Waals surface area (Å²) in [5.41, 5.74) is 16.0. The SMILES string of the molecule is c1ccc(-c2cc(-c3ccccc3)cc(N(c3ccc(-c4cccc5oc6ccccc6c45)cc3)c3ccc(-c4cccc5oc6ccccc6c45)cc3)c2)cc1. The Morgan fingerprint density at radius 3 is 1.12 bits per heavy atom. The summed E-state index contributed by atoms with van der Waals surface area (Å²) in [6, 6.07) is 75.3. The van der Waals surface area contributed by atoms with Crippen LogP contribution in [0.5, 0.6) is 0 Å². The minimum Gasteiger partial charge on any atom is -0.456 e. The van der Waals surface area contributed by atoms with Crippen LogP contribution in [0.2, 0.25) is 0 Å². The highest BCUT2D eigenvalue weighted by Gasteiger charge is 2.19. The largest absolute Gasteiger partial charge is 0.456 e. The molecule has 268 valence electrons. The zero-order valence-corrected chi connectivity index (χ0v) is 31.0. The van der Waals surface area contributed by atoms with Crippen molar-refractivity contribution >= 4 is 60.9 Å². The fraction of sp³-hybridized carbons (Fsp3) is 0. The Morgan fingerprint density at radius 2 is 0.667 bits per heavy atom. The Bertz CT molecular complexity index is 3000. The Balaban J connectivity index is 1.08. The van der Waals surface area contributed by atoms with Gasteiger partial charge in [-0.2, -0.15) is 0 Å². The maximum Gasteiger partial charge on any atom is 0.136 e. The summed E-state index contributed by atoms with van der Waals surface area (Å²) >= 11 is 0. The minimum absolute atomic E-state index is 0.893. The van der Waals surface area contributed by atoms with Crippen LogP contribution in [0.4, 0.5) is 17.1 Å². The number of anilines is 3. The highest BCUT2D eigenvalue weighted by molar-refractivity contribution is 6.13. The molecule has 0 saturated heterocycles. The first-order chi connectivity index (χ1) is 28.2. The van der Waals surface area contributed by atoms with E-state index in [-0.39, 0.29) is 0 Å². The van der Waals surface area contributed by atoms with Crippen molar-refractivity contribution in [3.8, 4) is 44.5 Å². The molecule has 0 atom stereocenters. The second-order valence-corrected chi connectivity index (χ2v) is 14.5. The van der Waals surface area contributed by atoms with Crippen LogP contribution < -0.4 is 4.90 Å². The molecule has 0 aliphatic rings. The van der Waals surface area contributed by atoms with Gasteiger partial charge >= 0.3 is 0 Å². The third kappa shape index (κ3) is 5.76. The molecule has 0 amide bonds. The molecule has 0 N–H and O–H groups in total. The van der Waals surface area contributed by atoms with Crippen LogP contribution in [0.25, 0.3) is 88.4 Å².